The van der Waals surface area contributed by atoms with Gasteiger partial charge in [0.1, 0.15) is 12.4 Å². The van der Waals surface area contributed by atoms with E-state index in [9.17, 15) is 4.39 Å². The topological polar surface area (TPSA) is 44.5 Å². The van der Waals surface area contributed by atoms with E-state index >= 15 is 0 Å². The number of anilines is 1. The Kier molecular flexibility index (Phi) is 3.67. The van der Waals surface area contributed by atoms with Crippen LogP contribution in [0.15, 0.2) is 42.5 Å². The molecule has 0 aliphatic carbocycles. The van der Waals surface area contributed by atoms with Gasteiger partial charge in [0.25, 0.3) is 0 Å². The number of hydrogen-bond donors (Lipinski definition) is 1. The first-order chi connectivity index (χ1) is 8.72. The molecule has 0 saturated carbocycles. The zero-order chi connectivity index (χ0) is 13.0. The average molecular weight is 247 g/mol. The van der Waals surface area contributed by atoms with Gasteiger partial charge in [0.15, 0.2) is 11.5 Å². The summed E-state index contributed by atoms with van der Waals surface area (Å²) in [6.07, 6.45) is 0. The van der Waals surface area contributed by atoms with Gasteiger partial charge in [0.2, 0.25) is 0 Å². The molecule has 2 N–H and O–H groups in total. The molecule has 0 unspecified atom stereocenters. The molecule has 0 spiro atoms. The van der Waals surface area contributed by atoms with Gasteiger partial charge < -0.3 is 15.2 Å². The summed E-state index contributed by atoms with van der Waals surface area (Å²) in [6.45, 7) is 0.0683. The molecule has 4 heteroatoms. The highest BCUT2D eigenvalue weighted by atomic mass is 19.1. The van der Waals surface area contributed by atoms with Crippen molar-refractivity contribution in [2.24, 2.45) is 0 Å². The number of methoxy groups -OCH3 is 1. The molecule has 3 nitrogen and oxygen atoms in total. The monoisotopic (exact) mass is 247 g/mol. The Morgan fingerprint density at radius 1 is 1.06 bits per heavy atom. The molecular formula is C14H14FNO2. The van der Waals surface area contributed by atoms with Crippen LogP contribution in [-0.2, 0) is 6.61 Å². The minimum Gasteiger partial charge on any atom is -0.493 e. The van der Waals surface area contributed by atoms with Gasteiger partial charge >= 0.3 is 0 Å². The minimum absolute atomic E-state index is 0.0683. The Bertz CT molecular complexity index is 523. The second-order valence-electron chi connectivity index (χ2n) is 3.75. The van der Waals surface area contributed by atoms with Crippen molar-refractivity contribution in [1.82, 2.24) is 0 Å². The highest BCUT2D eigenvalue weighted by Gasteiger charge is 2.08. The molecule has 18 heavy (non-hydrogen) atoms. The molecule has 0 fully saturated rings. The summed E-state index contributed by atoms with van der Waals surface area (Å²) in [4.78, 5) is 0. The van der Waals surface area contributed by atoms with Crippen molar-refractivity contribution in [2.45, 2.75) is 6.61 Å². The molecule has 0 aliphatic heterocycles. The number of benzene rings is 2. The molecule has 0 aromatic heterocycles. The van der Waals surface area contributed by atoms with Crippen LogP contribution in [0.25, 0.3) is 0 Å². The maximum Gasteiger partial charge on any atom is 0.161 e. The van der Waals surface area contributed by atoms with Crippen molar-refractivity contribution in [2.75, 3.05) is 12.8 Å². The molecule has 2 aromatic carbocycles. The van der Waals surface area contributed by atoms with E-state index in [1.807, 2.05) is 12.1 Å². The third kappa shape index (κ3) is 2.53. The van der Waals surface area contributed by atoms with Crippen molar-refractivity contribution in [3.8, 4) is 11.5 Å². The van der Waals surface area contributed by atoms with Crippen molar-refractivity contribution in [3.63, 3.8) is 0 Å². The van der Waals surface area contributed by atoms with Crippen molar-refractivity contribution < 1.29 is 13.9 Å². The smallest absolute Gasteiger partial charge is 0.161 e. The standard InChI is InChI=1S/C14H14FNO2/c1-17-13-7-2-3-8-14(13)18-9-10-11(15)5-4-6-12(10)16/h2-8H,9,16H2,1H3. The average Bonchev–Trinajstić information content (AvgIpc) is 2.38. The maximum atomic E-state index is 13.5. The van der Waals surface area contributed by atoms with E-state index in [4.69, 9.17) is 15.2 Å². The van der Waals surface area contributed by atoms with Crippen LogP contribution in [0.4, 0.5) is 10.1 Å². The van der Waals surface area contributed by atoms with Crippen LogP contribution in [-0.4, -0.2) is 7.11 Å². The molecule has 0 heterocycles. The van der Waals surface area contributed by atoms with Gasteiger partial charge in [-0.15, -0.1) is 0 Å². The Labute approximate surface area is 105 Å². The van der Waals surface area contributed by atoms with Crippen molar-refractivity contribution in [3.05, 3.63) is 53.8 Å². The molecule has 0 amide bonds. The normalized spacial score (nSPS) is 10.1. The van der Waals surface area contributed by atoms with Gasteiger partial charge in [-0.1, -0.05) is 18.2 Å². The summed E-state index contributed by atoms with van der Waals surface area (Å²) in [5.74, 6) is 0.792. The summed E-state index contributed by atoms with van der Waals surface area (Å²) in [7, 11) is 1.56. The number of halogens is 1. The van der Waals surface area contributed by atoms with E-state index in [1.165, 1.54) is 6.07 Å². The number of ether oxygens (including phenoxy) is 2. The van der Waals surface area contributed by atoms with Gasteiger partial charge in [0.05, 0.1) is 7.11 Å². The van der Waals surface area contributed by atoms with Gasteiger partial charge in [-0.05, 0) is 24.3 Å². The molecule has 2 aromatic rings. The number of nitrogen functional groups attached to an aromatic ring is 1. The molecule has 0 aliphatic rings. The van der Waals surface area contributed by atoms with Crippen LogP contribution < -0.4 is 15.2 Å². The summed E-state index contributed by atoms with van der Waals surface area (Å²) >= 11 is 0. The molecule has 94 valence electrons. The zero-order valence-corrected chi connectivity index (χ0v) is 10.0. The number of nitrogens with two attached hydrogens (primary N) is 1. The summed E-state index contributed by atoms with van der Waals surface area (Å²) in [6, 6.07) is 11.8. The molecule has 2 rings (SSSR count). The summed E-state index contributed by atoms with van der Waals surface area (Å²) in [5, 5.41) is 0. The second-order valence-corrected chi connectivity index (χ2v) is 3.75. The Hall–Kier alpha value is -2.23. The minimum atomic E-state index is -0.370. The third-order valence-electron chi connectivity index (χ3n) is 2.60. The first-order valence-corrected chi connectivity index (χ1v) is 5.51. The Balaban J connectivity index is 2.16. The zero-order valence-electron chi connectivity index (χ0n) is 10.0. The van der Waals surface area contributed by atoms with E-state index in [1.54, 1.807) is 31.4 Å². The fraction of sp³-hybridized carbons (Fsp3) is 0.143. The molecule has 0 saturated heterocycles. The van der Waals surface area contributed by atoms with Crippen LogP contribution in [0.1, 0.15) is 5.56 Å². The van der Waals surface area contributed by atoms with Gasteiger partial charge in [-0.3, -0.25) is 0 Å². The Morgan fingerprint density at radius 3 is 2.44 bits per heavy atom. The number of hydrogen-bond acceptors (Lipinski definition) is 3. The fourth-order valence-corrected chi connectivity index (χ4v) is 1.62. The van der Waals surface area contributed by atoms with Crippen molar-refractivity contribution in [1.29, 1.82) is 0 Å². The van der Waals surface area contributed by atoms with Gasteiger partial charge in [-0.25, -0.2) is 4.39 Å². The second kappa shape index (κ2) is 5.40. The van der Waals surface area contributed by atoms with Gasteiger partial charge in [-0.2, -0.15) is 0 Å². The highest BCUT2D eigenvalue weighted by Crippen LogP contribution is 2.27. The highest BCUT2D eigenvalue weighted by molar-refractivity contribution is 5.47. The number of para-hydroxylation sites is 2. The lowest BCUT2D eigenvalue weighted by atomic mass is 10.2. The summed E-state index contributed by atoms with van der Waals surface area (Å²) in [5.41, 5.74) is 6.43. The van der Waals surface area contributed by atoms with Crippen LogP contribution in [0.3, 0.4) is 0 Å². The van der Waals surface area contributed by atoms with Crippen LogP contribution >= 0.6 is 0 Å². The lowest BCUT2D eigenvalue weighted by molar-refractivity contribution is 0.280. The fourth-order valence-electron chi connectivity index (χ4n) is 1.62. The van der Waals surface area contributed by atoms with Crippen molar-refractivity contribution >= 4 is 5.69 Å². The van der Waals surface area contributed by atoms with Crippen LogP contribution in [0.5, 0.6) is 11.5 Å². The molecular weight excluding hydrogens is 233 g/mol. The van der Waals surface area contributed by atoms with Crippen LogP contribution in [0, 0.1) is 5.82 Å². The Morgan fingerprint density at radius 2 is 1.78 bits per heavy atom. The lowest BCUT2D eigenvalue weighted by Gasteiger charge is -2.12. The predicted octanol–water partition coefficient (Wildman–Crippen LogP) is 3.00. The molecule has 0 radical (unpaired) electrons. The predicted molar refractivity (Wildman–Crippen MR) is 68.1 cm³/mol. The first-order valence-electron chi connectivity index (χ1n) is 5.51. The van der Waals surface area contributed by atoms with E-state index in [-0.39, 0.29) is 12.4 Å². The van der Waals surface area contributed by atoms with Gasteiger partial charge in [0, 0.05) is 11.3 Å². The van der Waals surface area contributed by atoms with E-state index in [0.717, 1.165) is 0 Å². The third-order valence-corrected chi connectivity index (χ3v) is 2.60. The number of rotatable bonds is 4. The van der Waals surface area contributed by atoms with E-state index < -0.39 is 0 Å². The molecule has 0 bridgehead atoms. The quantitative estimate of drug-likeness (QED) is 0.845. The van der Waals surface area contributed by atoms with E-state index in [0.29, 0.717) is 22.7 Å². The largest absolute Gasteiger partial charge is 0.493 e. The summed E-state index contributed by atoms with van der Waals surface area (Å²) < 4.78 is 24.2. The molecule has 0 atom stereocenters. The van der Waals surface area contributed by atoms with Crippen LogP contribution in [0.2, 0.25) is 0 Å². The van der Waals surface area contributed by atoms with E-state index in [2.05, 4.69) is 0 Å². The lowest BCUT2D eigenvalue weighted by Crippen LogP contribution is -2.03. The first kappa shape index (κ1) is 12.2. The maximum absolute atomic E-state index is 13.5. The SMILES string of the molecule is COc1ccccc1OCc1c(N)cccc1F.